The molecule has 74 valence electrons. The summed E-state index contributed by atoms with van der Waals surface area (Å²) in [6.45, 7) is 2.84. The first-order valence-electron chi connectivity index (χ1n) is 4.08. The van der Waals surface area contributed by atoms with Crippen molar-refractivity contribution in [2.24, 2.45) is 0 Å². The summed E-state index contributed by atoms with van der Waals surface area (Å²) in [6.07, 6.45) is 0. The number of ketones is 1. The molecule has 1 N–H and O–H groups in total. The van der Waals surface area contributed by atoms with E-state index in [1.54, 1.807) is 18.2 Å². The Balaban J connectivity index is 3.07. The second-order valence-electron chi connectivity index (χ2n) is 2.97. The molecule has 1 amide bonds. The van der Waals surface area contributed by atoms with E-state index in [-0.39, 0.29) is 11.7 Å². The van der Waals surface area contributed by atoms with Gasteiger partial charge in [-0.25, -0.2) is 0 Å². The minimum Gasteiger partial charge on any atom is -0.326 e. The zero-order valence-electron chi connectivity index (χ0n) is 7.93. The number of hydrogen-bond donors (Lipinski definition) is 1. The van der Waals surface area contributed by atoms with Gasteiger partial charge < -0.3 is 5.32 Å². The van der Waals surface area contributed by atoms with E-state index in [4.69, 9.17) is 11.6 Å². The lowest BCUT2D eigenvalue weighted by atomic mass is 10.1. The zero-order valence-corrected chi connectivity index (χ0v) is 8.68. The Morgan fingerprint density at radius 3 is 2.36 bits per heavy atom. The van der Waals surface area contributed by atoms with Crippen molar-refractivity contribution in [2.75, 3.05) is 5.32 Å². The molecule has 1 rings (SSSR count). The summed E-state index contributed by atoms with van der Waals surface area (Å²) >= 11 is 5.77. The van der Waals surface area contributed by atoms with Gasteiger partial charge in [0, 0.05) is 23.2 Å². The van der Waals surface area contributed by atoms with Crippen molar-refractivity contribution in [3.05, 3.63) is 28.8 Å². The molecule has 0 atom stereocenters. The van der Waals surface area contributed by atoms with Crippen LogP contribution in [0.2, 0.25) is 5.02 Å². The van der Waals surface area contributed by atoms with Crippen molar-refractivity contribution in [3.8, 4) is 0 Å². The normalized spacial score (nSPS) is 9.64. The van der Waals surface area contributed by atoms with Crippen LogP contribution in [0.25, 0.3) is 0 Å². The largest absolute Gasteiger partial charge is 0.326 e. The Morgan fingerprint density at radius 1 is 1.21 bits per heavy atom. The maximum absolute atomic E-state index is 11.1. The van der Waals surface area contributed by atoms with E-state index < -0.39 is 0 Å². The molecule has 0 unspecified atom stereocenters. The Hall–Kier alpha value is -1.35. The van der Waals surface area contributed by atoms with E-state index in [0.29, 0.717) is 16.3 Å². The summed E-state index contributed by atoms with van der Waals surface area (Å²) in [6, 6.07) is 4.75. The molecule has 0 aromatic heterocycles. The number of nitrogens with one attached hydrogen (secondary N) is 1. The van der Waals surface area contributed by atoms with Gasteiger partial charge in [0.05, 0.1) is 0 Å². The van der Waals surface area contributed by atoms with E-state index in [9.17, 15) is 9.59 Å². The van der Waals surface area contributed by atoms with Crippen molar-refractivity contribution < 1.29 is 9.59 Å². The highest BCUT2D eigenvalue weighted by atomic mass is 35.5. The van der Waals surface area contributed by atoms with Crippen molar-refractivity contribution in [1.82, 2.24) is 0 Å². The highest BCUT2D eigenvalue weighted by Gasteiger charge is 2.04. The third-order valence-corrected chi connectivity index (χ3v) is 1.84. The molecule has 0 heterocycles. The number of halogens is 1. The molecule has 14 heavy (non-hydrogen) atoms. The maximum Gasteiger partial charge on any atom is 0.221 e. The number of hydrogen-bond acceptors (Lipinski definition) is 2. The molecule has 0 saturated heterocycles. The molecule has 0 aliphatic carbocycles. The predicted molar refractivity (Wildman–Crippen MR) is 55.8 cm³/mol. The Kier molecular flexibility index (Phi) is 3.25. The van der Waals surface area contributed by atoms with Gasteiger partial charge in [-0.15, -0.1) is 0 Å². The fourth-order valence-electron chi connectivity index (χ4n) is 1.07. The van der Waals surface area contributed by atoms with Crippen LogP contribution in [0.3, 0.4) is 0 Å². The van der Waals surface area contributed by atoms with E-state index in [0.717, 1.165) is 0 Å². The fraction of sp³-hybridized carbons (Fsp3) is 0.200. The van der Waals surface area contributed by atoms with E-state index in [2.05, 4.69) is 5.32 Å². The molecule has 1 aromatic rings. The molecule has 0 aliphatic rings. The Labute approximate surface area is 87.1 Å². The average Bonchev–Trinajstić information content (AvgIpc) is 2.01. The number of amides is 1. The van der Waals surface area contributed by atoms with Gasteiger partial charge >= 0.3 is 0 Å². The molecule has 0 fully saturated rings. The molecule has 0 spiro atoms. The topological polar surface area (TPSA) is 46.2 Å². The Bertz CT molecular complexity index is 388. The SMILES string of the molecule is CC(=O)Nc1cc(Cl)cc(C(C)=O)c1. The number of benzene rings is 1. The first kappa shape index (κ1) is 10.7. The molecular formula is C10H10ClNO2. The van der Waals surface area contributed by atoms with E-state index in [1.165, 1.54) is 13.8 Å². The van der Waals surface area contributed by atoms with Gasteiger partial charge in [0.25, 0.3) is 0 Å². The summed E-state index contributed by atoms with van der Waals surface area (Å²) < 4.78 is 0. The van der Waals surface area contributed by atoms with Crippen LogP contribution in [0.15, 0.2) is 18.2 Å². The molecule has 4 heteroatoms. The molecule has 0 bridgehead atoms. The molecule has 0 aliphatic heterocycles. The molecule has 3 nitrogen and oxygen atoms in total. The smallest absolute Gasteiger partial charge is 0.221 e. The third-order valence-electron chi connectivity index (χ3n) is 1.62. The molecule has 0 radical (unpaired) electrons. The molecule has 1 aromatic carbocycles. The van der Waals surface area contributed by atoms with Gasteiger partial charge in [-0.05, 0) is 25.1 Å². The predicted octanol–water partition coefficient (Wildman–Crippen LogP) is 2.50. The fourth-order valence-corrected chi connectivity index (χ4v) is 1.30. The van der Waals surface area contributed by atoms with Crippen LogP contribution in [0.4, 0.5) is 5.69 Å². The van der Waals surface area contributed by atoms with Crippen molar-refractivity contribution in [3.63, 3.8) is 0 Å². The van der Waals surface area contributed by atoms with Crippen molar-refractivity contribution in [1.29, 1.82) is 0 Å². The monoisotopic (exact) mass is 211 g/mol. The first-order valence-corrected chi connectivity index (χ1v) is 4.46. The van der Waals surface area contributed by atoms with Crippen LogP contribution in [0.5, 0.6) is 0 Å². The van der Waals surface area contributed by atoms with Crippen LogP contribution in [0.1, 0.15) is 24.2 Å². The van der Waals surface area contributed by atoms with Crippen LogP contribution in [-0.2, 0) is 4.79 Å². The summed E-state index contributed by atoms with van der Waals surface area (Å²) in [5.74, 6) is -0.277. The number of anilines is 1. The third kappa shape index (κ3) is 2.85. The van der Waals surface area contributed by atoms with Gasteiger partial charge in [0.15, 0.2) is 5.78 Å². The van der Waals surface area contributed by atoms with Crippen LogP contribution in [-0.4, -0.2) is 11.7 Å². The van der Waals surface area contributed by atoms with E-state index in [1.807, 2.05) is 0 Å². The summed E-state index contributed by atoms with van der Waals surface area (Å²) in [5.41, 5.74) is 1.02. The lowest BCUT2D eigenvalue weighted by Gasteiger charge is -2.04. The van der Waals surface area contributed by atoms with Gasteiger partial charge in [-0.2, -0.15) is 0 Å². The number of rotatable bonds is 2. The quantitative estimate of drug-likeness (QED) is 0.764. The number of Topliss-reactive ketones (excluding diaryl/α,β-unsaturated/α-hetero) is 1. The minimum atomic E-state index is -0.193. The van der Waals surface area contributed by atoms with Crippen LogP contribution in [0, 0.1) is 0 Å². The molecular weight excluding hydrogens is 202 g/mol. The van der Waals surface area contributed by atoms with Gasteiger partial charge in [-0.3, -0.25) is 9.59 Å². The second-order valence-corrected chi connectivity index (χ2v) is 3.40. The van der Waals surface area contributed by atoms with Gasteiger partial charge in [0.1, 0.15) is 0 Å². The Morgan fingerprint density at radius 2 is 1.86 bits per heavy atom. The minimum absolute atomic E-state index is 0.0842. The summed E-state index contributed by atoms with van der Waals surface area (Å²) in [7, 11) is 0. The highest BCUT2D eigenvalue weighted by Crippen LogP contribution is 2.19. The average molecular weight is 212 g/mol. The highest BCUT2D eigenvalue weighted by molar-refractivity contribution is 6.31. The lowest BCUT2D eigenvalue weighted by molar-refractivity contribution is -0.114. The first-order chi connectivity index (χ1) is 6.49. The number of carbonyl (C=O) groups excluding carboxylic acids is 2. The van der Waals surface area contributed by atoms with Crippen LogP contribution < -0.4 is 5.32 Å². The van der Waals surface area contributed by atoms with Gasteiger partial charge in [0.2, 0.25) is 5.91 Å². The van der Waals surface area contributed by atoms with E-state index >= 15 is 0 Å². The number of carbonyl (C=O) groups is 2. The molecule has 0 saturated carbocycles. The van der Waals surface area contributed by atoms with Gasteiger partial charge in [-0.1, -0.05) is 11.6 Å². The maximum atomic E-state index is 11.1. The standard InChI is InChI=1S/C10H10ClNO2/c1-6(13)8-3-9(11)5-10(4-8)12-7(2)14/h3-5H,1-2H3,(H,12,14). The zero-order chi connectivity index (χ0) is 10.7. The summed E-state index contributed by atoms with van der Waals surface area (Å²) in [4.78, 5) is 21.8. The van der Waals surface area contributed by atoms with Crippen molar-refractivity contribution >= 4 is 29.0 Å². The second kappa shape index (κ2) is 4.24. The van der Waals surface area contributed by atoms with Crippen LogP contribution >= 0.6 is 11.6 Å². The lowest BCUT2D eigenvalue weighted by Crippen LogP contribution is -2.06. The summed E-state index contributed by atoms with van der Waals surface area (Å²) in [5, 5.41) is 3.00. The van der Waals surface area contributed by atoms with Crippen molar-refractivity contribution in [2.45, 2.75) is 13.8 Å².